The lowest BCUT2D eigenvalue weighted by Gasteiger charge is -2.11. The minimum Gasteiger partial charge on any atom is -0.481 e. The van der Waals surface area contributed by atoms with Crippen molar-refractivity contribution < 1.29 is 13.2 Å². The standard InChI is InChI=1S/C10H15N3O3S/c1-16-10-3-2-9(7-12-10)17(14,15)13-8-4-5-11-6-8/h2-3,7-8,11,13H,4-6H2,1H3. The number of nitrogens with one attached hydrogen (secondary N) is 2. The number of hydrogen-bond donors (Lipinski definition) is 2. The Balaban J connectivity index is 2.12. The fraction of sp³-hybridized carbons (Fsp3) is 0.500. The quantitative estimate of drug-likeness (QED) is 0.776. The van der Waals surface area contributed by atoms with Gasteiger partial charge in [-0.05, 0) is 19.0 Å². The Bertz CT molecular complexity index is 466. The topological polar surface area (TPSA) is 80.3 Å². The van der Waals surface area contributed by atoms with Crippen LogP contribution in [0.3, 0.4) is 0 Å². The van der Waals surface area contributed by atoms with Gasteiger partial charge < -0.3 is 10.1 Å². The molecule has 1 aromatic rings. The summed E-state index contributed by atoms with van der Waals surface area (Å²) < 4.78 is 31.5. The van der Waals surface area contributed by atoms with Crippen molar-refractivity contribution in [3.63, 3.8) is 0 Å². The Morgan fingerprint density at radius 2 is 2.35 bits per heavy atom. The molecule has 1 atom stereocenters. The van der Waals surface area contributed by atoms with Crippen molar-refractivity contribution in [3.05, 3.63) is 18.3 Å². The molecule has 0 radical (unpaired) electrons. The molecule has 0 saturated carbocycles. The van der Waals surface area contributed by atoms with E-state index >= 15 is 0 Å². The molecule has 94 valence electrons. The minimum absolute atomic E-state index is 0.0397. The summed E-state index contributed by atoms with van der Waals surface area (Å²) in [6.07, 6.45) is 2.10. The number of nitrogens with zero attached hydrogens (tertiary/aromatic N) is 1. The predicted octanol–water partition coefficient (Wildman–Crippen LogP) is -0.270. The molecular formula is C10H15N3O3S. The molecule has 0 spiro atoms. The highest BCUT2D eigenvalue weighted by Gasteiger charge is 2.22. The van der Waals surface area contributed by atoms with Crippen LogP contribution in [0, 0.1) is 0 Å². The van der Waals surface area contributed by atoms with Gasteiger partial charge in [0.15, 0.2) is 0 Å². The number of rotatable bonds is 4. The highest BCUT2D eigenvalue weighted by Crippen LogP contribution is 2.13. The van der Waals surface area contributed by atoms with Gasteiger partial charge in [-0.1, -0.05) is 0 Å². The van der Waals surface area contributed by atoms with E-state index in [1.807, 2.05) is 0 Å². The minimum atomic E-state index is -3.48. The largest absolute Gasteiger partial charge is 0.481 e. The van der Waals surface area contributed by atoms with Gasteiger partial charge in [-0.2, -0.15) is 0 Å². The number of sulfonamides is 1. The van der Waals surface area contributed by atoms with E-state index in [-0.39, 0.29) is 10.9 Å². The second-order valence-corrected chi connectivity index (χ2v) is 5.56. The van der Waals surface area contributed by atoms with Crippen molar-refractivity contribution in [1.29, 1.82) is 0 Å². The smallest absolute Gasteiger partial charge is 0.242 e. The van der Waals surface area contributed by atoms with E-state index in [0.717, 1.165) is 13.0 Å². The average molecular weight is 257 g/mol. The third kappa shape index (κ3) is 2.93. The zero-order chi connectivity index (χ0) is 12.3. The molecule has 1 aromatic heterocycles. The molecule has 6 nitrogen and oxygen atoms in total. The van der Waals surface area contributed by atoms with Gasteiger partial charge in [0.25, 0.3) is 0 Å². The van der Waals surface area contributed by atoms with Gasteiger partial charge in [0.2, 0.25) is 15.9 Å². The van der Waals surface area contributed by atoms with Crippen molar-refractivity contribution >= 4 is 10.0 Å². The van der Waals surface area contributed by atoms with Crippen LogP contribution in [0.5, 0.6) is 5.88 Å². The van der Waals surface area contributed by atoms with E-state index in [2.05, 4.69) is 15.0 Å². The van der Waals surface area contributed by atoms with Crippen LogP contribution >= 0.6 is 0 Å². The van der Waals surface area contributed by atoms with Gasteiger partial charge >= 0.3 is 0 Å². The maximum Gasteiger partial charge on any atom is 0.242 e. The van der Waals surface area contributed by atoms with Gasteiger partial charge in [0, 0.05) is 18.7 Å². The van der Waals surface area contributed by atoms with E-state index in [0.29, 0.717) is 12.4 Å². The summed E-state index contributed by atoms with van der Waals surface area (Å²) in [5.74, 6) is 0.395. The van der Waals surface area contributed by atoms with Crippen molar-refractivity contribution in [2.45, 2.75) is 17.4 Å². The first-order chi connectivity index (χ1) is 8.12. The molecule has 2 rings (SSSR count). The first-order valence-corrected chi connectivity index (χ1v) is 6.83. The van der Waals surface area contributed by atoms with Crippen molar-refractivity contribution in [2.75, 3.05) is 20.2 Å². The first-order valence-electron chi connectivity index (χ1n) is 5.35. The molecule has 2 heterocycles. The second-order valence-electron chi connectivity index (χ2n) is 3.85. The fourth-order valence-electron chi connectivity index (χ4n) is 1.69. The summed E-state index contributed by atoms with van der Waals surface area (Å²) in [5.41, 5.74) is 0. The molecular weight excluding hydrogens is 242 g/mol. The summed E-state index contributed by atoms with van der Waals surface area (Å²) in [6.45, 7) is 1.51. The summed E-state index contributed by atoms with van der Waals surface area (Å²) in [5, 5.41) is 3.10. The zero-order valence-corrected chi connectivity index (χ0v) is 10.3. The van der Waals surface area contributed by atoms with Crippen LogP contribution in [0.4, 0.5) is 0 Å². The summed E-state index contributed by atoms with van der Waals surface area (Å²) in [4.78, 5) is 4.04. The SMILES string of the molecule is COc1ccc(S(=O)(=O)NC2CCNC2)cn1. The van der Waals surface area contributed by atoms with Gasteiger partial charge in [-0.15, -0.1) is 0 Å². The van der Waals surface area contributed by atoms with Gasteiger partial charge in [0.05, 0.1) is 13.3 Å². The normalized spacial score (nSPS) is 20.4. The van der Waals surface area contributed by atoms with E-state index < -0.39 is 10.0 Å². The lowest BCUT2D eigenvalue weighted by Crippen LogP contribution is -2.36. The summed E-state index contributed by atoms with van der Waals surface area (Å²) in [7, 11) is -1.99. The molecule has 1 aliphatic heterocycles. The second kappa shape index (κ2) is 4.99. The highest BCUT2D eigenvalue weighted by atomic mass is 32.2. The van der Waals surface area contributed by atoms with Crippen LogP contribution in [0.1, 0.15) is 6.42 Å². The Morgan fingerprint density at radius 1 is 1.53 bits per heavy atom. The van der Waals surface area contributed by atoms with Crippen LogP contribution in [0.2, 0.25) is 0 Å². The van der Waals surface area contributed by atoms with Crippen molar-refractivity contribution in [1.82, 2.24) is 15.0 Å². The van der Waals surface area contributed by atoms with Crippen molar-refractivity contribution in [3.8, 4) is 5.88 Å². The lowest BCUT2D eigenvalue weighted by atomic mass is 10.3. The van der Waals surface area contributed by atoms with Crippen LogP contribution in [0.15, 0.2) is 23.2 Å². The van der Waals surface area contributed by atoms with Gasteiger partial charge in [-0.25, -0.2) is 18.1 Å². The maximum atomic E-state index is 12.0. The number of hydrogen-bond acceptors (Lipinski definition) is 5. The lowest BCUT2D eigenvalue weighted by molar-refractivity contribution is 0.397. The van der Waals surface area contributed by atoms with E-state index in [1.165, 1.54) is 25.4 Å². The van der Waals surface area contributed by atoms with Crippen molar-refractivity contribution in [2.24, 2.45) is 0 Å². The Labute approximate surface area is 100 Å². The molecule has 1 unspecified atom stereocenters. The van der Waals surface area contributed by atoms with E-state index in [9.17, 15) is 8.42 Å². The van der Waals surface area contributed by atoms with Gasteiger partial charge in [-0.3, -0.25) is 0 Å². The molecule has 0 aliphatic carbocycles. The third-order valence-electron chi connectivity index (χ3n) is 2.61. The van der Waals surface area contributed by atoms with Gasteiger partial charge in [0.1, 0.15) is 4.90 Å². The highest BCUT2D eigenvalue weighted by molar-refractivity contribution is 7.89. The molecule has 1 saturated heterocycles. The average Bonchev–Trinajstić information content (AvgIpc) is 2.81. The molecule has 1 fully saturated rings. The zero-order valence-electron chi connectivity index (χ0n) is 9.51. The molecule has 0 amide bonds. The molecule has 1 aliphatic rings. The molecule has 2 N–H and O–H groups in total. The summed E-state index contributed by atoms with van der Waals surface area (Å²) >= 11 is 0. The van der Waals surface area contributed by atoms with Crippen LogP contribution in [-0.2, 0) is 10.0 Å². The van der Waals surface area contributed by atoms with Crippen LogP contribution in [0.25, 0.3) is 0 Å². The maximum absolute atomic E-state index is 12.0. The Morgan fingerprint density at radius 3 is 2.88 bits per heavy atom. The van der Waals surface area contributed by atoms with Crippen LogP contribution in [-0.4, -0.2) is 39.6 Å². The summed E-state index contributed by atoms with van der Waals surface area (Å²) in [6, 6.07) is 2.97. The van der Waals surface area contributed by atoms with E-state index in [1.54, 1.807) is 0 Å². The fourth-order valence-corrected chi connectivity index (χ4v) is 2.90. The number of ether oxygens (including phenoxy) is 1. The Hall–Kier alpha value is -1.18. The Kier molecular flexibility index (Phi) is 3.60. The molecule has 17 heavy (non-hydrogen) atoms. The number of aromatic nitrogens is 1. The number of methoxy groups -OCH3 is 1. The predicted molar refractivity (Wildman–Crippen MR) is 62.4 cm³/mol. The molecule has 7 heteroatoms. The number of pyridine rings is 1. The third-order valence-corrected chi connectivity index (χ3v) is 4.12. The first kappa shape index (κ1) is 12.3. The molecule has 0 aromatic carbocycles. The van der Waals surface area contributed by atoms with E-state index in [4.69, 9.17) is 4.74 Å². The monoisotopic (exact) mass is 257 g/mol. The van der Waals surface area contributed by atoms with Crippen LogP contribution < -0.4 is 14.8 Å². The molecule has 0 bridgehead atoms.